The number of ether oxygens (including phenoxy) is 1. The smallest absolute Gasteiger partial charge is 0.368 e. The second-order valence-corrected chi connectivity index (χ2v) is 6.44. The minimum atomic E-state index is -4.34. The number of alkyl halides is 3. The van der Waals surface area contributed by atoms with Crippen LogP contribution in [0.25, 0.3) is 0 Å². The van der Waals surface area contributed by atoms with E-state index in [0.29, 0.717) is 6.61 Å². The van der Waals surface area contributed by atoms with E-state index >= 15 is 0 Å². The fraction of sp³-hybridized carbons (Fsp3) is 0.182. The average molecular weight is 354 g/mol. The van der Waals surface area contributed by atoms with Crippen LogP contribution in [0.3, 0.4) is 0 Å². The first-order valence-corrected chi connectivity index (χ1v) is 8.45. The van der Waals surface area contributed by atoms with Gasteiger partial charge in [-0.25, -0.2) is 0 Å². The Morgan fingerprint density at radius 2 is 1.38 bits per heavy atom. The molecule has 0 amide bonds. The van der Waals surface area contributed by atoms with Crippen LogP contribution < -0.4 is 0 Å². The molecule has 0 aliphatic carbocycles. The lowest BCUT2D eigenvalue weighted by molar-refractivity contribution is -0.137. The highest BCUT2D eigenvalue weighted by Crippen LogP contribution is 2.45. The molecule has 1 nitrogen and oxygen atoms in total. The Morgan fingerprint density at radius 1 is 0.731 bits per heavy atom. The highest BCUT2D eigenvalue weighted by atomic mass is 19.4. The van der Waals surface area contributed by atoms with E-state index in [-0.39, 0.29) is 12.0 Å². The van der Waals surface area contributed by atoms with Gasteiger partial charge >= 0.3 is 6.18 Å². The summed E-state index contributed by atoms with van der Waals surface area (Å²) in [5.74, 6) is -0.0575. The molecule has 3 aromatic rings. The van der Waals surface area contributed by atoms with Crippen molar-refractivity contribution < 1.29 is 17.9 Å². The van der Waals surface area contributed by atoms with Crippen molar-refractivity contribution >= 4 is 0 Å². The third kappa shape index (κ3) is 3.13. The van der Waals surface area contributed by atoms with E-state index in [0.717, 1.165) is 34.4 Å². The van der Waals surface area contributed by atoms with E-state index in [9.17, 15) is 13.2 Å². The average Bonchev–Trinajstić information content (AvgIpc) is 2.67. The molecule has 1 heterocycles. The van der Waals surface area contributed by atoms with Crippen LogP contribution in [0.2, 0.25) is 0 Å². The van der Waals surface area contributed by atoms with Gasteiger partial charge in [-0.05, 0) is 34.4 Å². The molecule has 0 unspecified atom stereocenters. The lowest BCUT2D eigenvalue weighted by Crippen LogP contribution is -2.22. The summed E-state index contributed by atoms with van der Waals surface area (Å²) in [6.07, 6.45) is -4.66. The first-order chi connectivity index (χ1) is 12.5. The highest BCUT2D eigenvalue weighted by Gasteiger charge is 2.34. The molecular weight excluding hydrogens is 337 g/mol. The maximum absolute atomic E-state index is 12.9. The fourth-order valence-corrected chi connectivity index (χ4v) is 3.57. The van der Waals surface area contributed by atoms with Gasteiger partial charge in [-0.1, -0.05) is 66.7 Å². The Bertz CT molecular complexity index is 885. The van der Waals surface area contributed by atoms with Crippen molar-refractivity contribution in [2.75, 3.05) is 0 Å². The lowest BCUT2D eigenvalue weighted by Gasteiger charge is -2.34. The molecular formula is C22H17F3O. The quantitative estimate of drug-likeness (QED) is 0.539. The molecule has 0 spiro atoms. The number of hydrogen-bond acceptors (Lipinski definition) is 1. The molecule has 2 atom stereocenters. The second kappa shape index (κ2) is 6.61. The summed E-state index contributed by atoms with van der Waals surface area (Å²) >= 11 is 0. The molecule has 4 heteroatoms. The molecule has 3 aromatic carbocycles. The molecule has 0 N–H and O–H groups in total. The van der Waals surface area contributed by atoms with E-state index < -0.39 is 11.7 Å². The molecule has 0 bridgehead atoms. The standard InChI is InChI=1S/C22H17F3O/c23-22(24,25)18-12-10-16(11-13-18)21-20(15-6-2-1-3-7-15)19-9-5-4-8-17(19)14-26-21/h1-13,20-21H,14H2/t20-,21+/m1/s1. The summed E-state index contributed by atoms with van der Waals surface area (Å²) in [5, 5.41) is 0. The summed E-state index contributed by atoms with van der Waals surface area (Å²) in [7, 11) is 0. The normalized spacial score (nSPS) is 19.8. The van der Waals surface area contributed by atoms with Crippen molar-refractivity contribution in [3.63, 3.8) is 0 Å². The Morgan fingerprint density at radius 3 is 2.08 bits per heavy atom. The van der Waals surface area contributed by atoms with E-state index in [1.807, 2.05) is 48.5 Å². The highest BCUT2D eigenvalue weighted by molar-refractivity contribution is 5.43. The third-order valence-electron chi connectivity index (χ3n) is 4.84. The molecule has 0 saturated carbocycles. The number of fused-ring (bicyclic) bond motifs is 1. The van der Waals surface area contributed by atoms with Crippen LogP contribution in [-0.4, -0.2) is 0 Å². The summed E-state index contributed by atoms with van der Waals surface area (Å²) in [4.78, 5) is 0. The maximum Gasteiger partial charge on any atom is 0.416 e. The van der Waals surface area contributed by atoms with Gasteiger partial charge in [0.1, 0.15) is 0 Å². The van der Waals surface area contributed by atoms with E-state index in [2.05, 4.69) is 6.07 Å². The number of halogens is 3. The molecule has 0 aromatic heterocycles. The van der Waals surface area contributed by atoms with Gasteiger partial charge in [-0.2, -0.15) is 13.2 Å². The van der Waals surface area contributed by atoms with Crippen LogP contribution in [0.1, 0.15) is 39.8 Å². The fourth-order valence-electron chi connectivity index (χ4n) is 3.57. The van der Waals surface area contributed by atoms with Crippen molar-refractivity contribution in [3.8, 4) is 0 Å². The minimum absolute atomic E-state index is 0.0575. The maximum atomic E-state index is 12.9. The Kier molecular flexibility index (Phi) is 4.29. The largest absolute Gasteiger partial charge is 0.416 e. The van der Waals surface area contributed by atoms with Crippen molar-refractivity contribution in [1.29, 1.82) is 0 Å². The predicted molar refractivity (Wildman–Crippen MR) is 93.7 cm³/mol. The van der Waals surface area contributed by atoms with Crippen LogP contribution in [0.4, 0.5) is 13.2 Å². The number of rotatable bonds is 2. The van der Waals surface area contributed by atoms with Crippen LogP contribution >= 0.6 is 0 Å². The van der Waals surface area contributed by atoms with Gasteiger partial charge in [0.15, 0.2) is 0 Å². The van der Waals surface area contributed by atoms with Crippen LogP contribution in [0.15, 0.2) is 78.9 Å². The van der Waals surface area contributed by atoms with Gasteiger partial charge in [-0.15, -0.1) is 0 Å². The molecule has 0 saturated heterocycles. The Hall–Kier alpha value is -2.59. The van der Waals surface area contributed by atoms with E-state index in [1.54, 1.807) is 0 Å². The first-order valence-electron chi connectivity index (χ1n) is 8.45. The zero-order chi connectivity index (χ0) is 18.1. The van der Waals surface area contributed by atoms with Gasteiger partial charge < -0.3 is 4.74 Å². The van der Waals surface area contributed by atoms with Crippen molar-refractivity contribution in [2.45, 2.75) is 24.8 Å². The lowest BCUT2D eigenvalue weighted by atomic mass is 9.80. The topological polar surface area (TPSA) is 9.23 Å². The summed E-state index contributed by atoms with van der Waals surface area (Å²) in [6, 6.07) is 23.3. The van der Waals surface area contributed by atoms with Gasteiger partial charge in [0.25, 0.3) is 0 Å². The minimum Gasteiger partial charge on any atom is -0.368 e. The van der Waals surface area contributed by atoms with Gasteiger partial charge in [0.05, 0.1) is 18.3 Å². The Labute approximate surface area is 150 Å². The molecule has 0 radical (unpaired) electrons. The van der Waals surface area contributed by atoms with Crippen molar-refractivity contribution in [3.05, 3.63) is 107 Å². The SMILES string of the molecule is FC(F)(F)c1ccc([C@@H]2OCc3ccccc3[C@H]2c2ccccc2)cc1. The van der Waals surface area contributed by atoms with E-state index in [4.69, 9.17) is 4.74 Å². The zero-order valence-electron chi connectivity index (χ0n) is 13.9. The summed E-state index contributed by atoms with van der Waals surface area (Å²) in [5.41, 5.74) is 3.47. The number of hydrogen-bond donors (Lipinski definition) is 0. The van der Waals surface area contributed by atoms with Crippen molar-refractivity contribution in [1.82, 2.24) is 0 Å². The van der Waals surface area contributed by atoms with E-state index in [1.165, 1.54) is 12.1 Å². The second-order valence-electron chi connectivity index (χ2n) is 6.44. The van der Waals surface area contributed by atoms with Crippen LogP contribution in [-0.2, 0) is 17.5 Å². The molecule has 1 aliphatic rings. The molecule has 26 heavy (non-hydrogen) atoms. The first kappa shape index (κ1) is 16.9. The Balaban J connectivity index is 1.78. The van der Waals surface area contributed by atoms with Gasteiger partial charge in [0.2, 0.25) is 0 Å². The molecule has 0 fully saturated rings. The van der Waals surface area contributed by atoms with Crippen LogP contribution in [0, 0.1) is 0 Å². The van der Waals surface area contributed by atoms with Gasteiger partial charge in [-0.3, -0.25) is 0 Å². The summed E-state index contributed by atoms with van der Waals surface area (Å²) in [6.45, 7) is 0.450. The van der Waals surface area contributed by atoms with Gasteiger partial charge in [0, 0.05) is 5.92 Å². The predicted octanol–water partition coefficient (Wildman–Crippen LogP) is 6.11. The molecule has 132 valence electrons. The van der Waals surface area contributed by atoms with Crippen molar-refractivity contribution in [2.24, 2.45) is 0 Å². The molecule has 1 aliphatic heterocycles. The number of benzene rings is 3. The molecule has 4 rings (SSSR count). The summed E-state index contributed by atoms with van der Waals surface area (Å²) < 4.78 is 44.7. The monoisotopic (exact) mass is 354 g/mol. The zero-order valence-corrected chi connectivity index (χ0v) is 13.9. The van der Waals surface area contributed by atoms with Crippen LogP contribution in [0.5, 0.6) is 0 Å². The third-order valence-corrected chi connectivity index (χ3v) is 4.84.